The molecule has 18 heavy (non-hydrogen) atoms. The Morgan fingerprint density at radius 2 is 2.00 bits per heavy atom. The Kier molecular flexibility index (Phi) is 3.90. The van der Waals surface area contributed by atoms with Crippen molar-refractivity contribution in [3.8, 4) is 0 Å². The molecule has 0 aliphatic carbocycles. The van der Waals surface area contributed by atoms with Crippen LogP contribution in [0.4, 0.5) is 0 Å². The van der Waals surface area contributed by atoms with Gasteiger partial charge in [-0.25, -0.2) is 4.98 Å². The number of aliphatic hydroxyl groups is 1. The quantitative estimate of drug-likeness (QED) is 0.926. The predicted molar refractivity (Wildman–Crippen MR) is 79.0 cm³/mol. The number of hydrogen-bond acceptors (Lipinski definition) is 3. The molecule has 2 rings (SSSR count). The van der Waals surface area contributed by atoms with Crippen molar-refractivity contribution in [3.05, 3.63) is 49.9 Å². The standard InChI is InChI=1S/C14H16BrNOS/c1-9-10(2)18-13(16-9)8-14(3,17)11-6-4-5-7-12(11)15/h4-7,17H,8H2,1-3H3. The van der Waals surface area contributed by atoms with E-state index in [1.54, 1.807) is 11.3 Å². The molecule has 1 heterocycles. The first kappa shape index (κ1) is 13.7. The van der Waals surface area contributed by atoms with Crippen LogP contribution in [0, 0.1) is 13.8 Å². The van der Waals surface area contributed by atoms with Crippen LogP contribution in [0.5, 0.6) is 0 Å². The number of hydrogen-bond donors (Lipinski definition) is 1. The lowest BCUT2D eigenvalue weighted by molar-refractivity contribution is 0.0568. The maximum atomic E-state index is 10.7. The first-order valence-electron chi connectivity index (χ1n) is 5.80. The van der Waals surface area contributed by atoms with Gasteiger partial charge in [0.2, 0.25) is 0 Å². The molecule has 0 aliphatic heterocycles. The Morgan fingerprint density at radius 1 is 1.33 bits per heavy atom. The molecule has 0 saturated carbocycles. The van der Waals surface area contributed by atoms with Gasteiger partial charge >= 0.3 is 0 Å². The van der Waals surface area contributed by atoms with Gasteiger partial charge in [0.15, 0.2) is 0 Å². The zero-order valence-electron chi connectivity index (χ0n) is 10.7. The van der Waals surface area contributed by atoms with Crippen LogP contribution in [-0.2, 0) is 12.0 Å². The first-order chi connectivity index (χ1) is 8.40. The Morgan fingerprint density at radius 3 is 2.56 bits per heavy atom. The third kappa shape index (κ3) is 2.82. The van der Waals surface area contributed by atoms with Gasteiger partial charge in [-0.1, -0.05) is 34.1 Å². The second-order valence-electron chi connectivity index (χ2n) is 4.68. The van der Waals surface area contributed by atoms with E-state index in [9.17, 15) is 5.11 Å². The first-order valence-corrected chi connectivity index (χ1v) is 7.41. The van der Waals surface area contributed by atoms with Gasteiger partial charge in [-0.3, -0.25) is 0 Å². The average Bonchev–Trinajstić information content (AvgIpc) is 2.57. The van der Waals surface area contributed by atoms with Crippen molar-refractivity contribution in [1.29, 1.82) is 0 Å². The van der Waals surface area contributed by atoms with Crippen LogP contribution in [0.2, 0.25) is 0 Å². The molecule has 1 unspecified atom stereocenters. The summed E-state index contributed by atoms with van der Waals surface area (Å²) >= 11 is 5.14. The maximum absolute atomic E-state index is 10.7. The SMILES string of the molecule is Cc1nc(CC(C)(O)c2ccccc2Br)sc1C. The Bertz CT molecular complexity index is 543. The zero-order valence-corrected chi connectivity index (χ0v) is 13.1. The van der Waals surface area contributed by atoms with Crippen LogP contribution in [0.3, 0.4) is 0 Å². The summed E-state index contributed by atoms with van der Waals surface area (Å²) in [4.78, 5) is 5.71. The van der Waals surface area contributed by atoms with E-state index in [1.165, 1.54) is 4.88 Å². The van der Waals surface area contributed by atoms with Gasteiger partial charge in [-0.2, -0.15) is 0 Å². The predicted octanol–water partition coefficient (Wildman–Crippen LogP) is 3.97. The van der Waals surface area contributed by atoms with Gasteiger partial charge in [0.05, 0.1) is 16.3 Å². The maximum Gasteiger partial charge on any atom is 0.0962 e. The number of benzene rings is 1. The number of rotatable bonds is 3. The normalized spacial score (nSPS) is 14.5. The second-order valence-corrected chi connectivity index (χ2v) is 6.82. The van der Waals surface area contributed by atoms with Crippen molar-refractivity contribution >= 4 is 27.3 Å². The zero-order chi connectivity index (χ0) is 13.3. The molecular weight excluding hydrogens is 310 g/mol. The van der Waals surface area contributed by atoms with Crippen LogP contribution in [0.15, 0.2) is 28.7 Å². The van der Waals surface area contributed by atoms with Crippen molar-refractivity contribution in [3.63, 3.8) is 0 Å². The van der Waals surface area contributed by atoms with Crippen molar-refractivity contribution in [2.24, 2.45) is 0 Å². The smallest absolute Gasteiger partial charge is 0.0962 e. The van der Waals surface area contributed by atoms with Crippen molar-refractivity contribution in [1.82, 2.24) is 4.98 Å². The van der Waals surface area contributed by atoms with Crippen LogP contribution < -0.4 is 0 Å². The average molecular weight is 326 g/mol. The molecule has 1 N–H and O–H groups in total. The summed E-state index contributed by atoms with van der Waals surface area (Å²) in [5.41, 5.74) is 1.05. The van der Waals surface area contributed by atoms with Gasteiger partial charge < -0.3 is 5.11 Å². The minimum atomic E-state index is -0.906. The van der Waals surface area contributed by atoms with E-state index in [-0.39, 0.29) is 0 Å². The number of thiazole rings is 1. The van der Waals surface area contributed by atoms with E-state index in [0.717, 1.165) is 20.7 Å². The second kappa shape index (κ2) is 5.11. The summed E-state index contributed by atoms with van der Waals surface area (Å²) in [6, 6.07) is 7.77. The van der Waals surface area contributed by atoms with Crippen LogP contribution in [-0.4, -0.2) is 10.1 Å². The monoisotopic (exact) mass is 325 g/mol. The highest BCUT2D eigenvalue weighted by atomic mass is 79.9. The summed E-state index contributed by atoms with van der Waals surface area (Å²) < 4.78 is 0.931. The van der Waals surface area contributed by atoms with Crippen LogP contribution >= 0.6 is 27.3 Å². The summed E-state index contributed by atoms with van der Waals surface area (Å²) in [5.74, 6) is 0. The molecule has 96 valence electrons. The molecule has 0 fully saturated rings. The Hall–Kier alpha value is -0.710. The van der Waals surface area contributed by atoms with Crippen molar-refractivity contribution < 1.29 is 5.11 Å². The van der Waals surface area contributed by atoms with Gasteiger partial charge in [0, 0.05) is 15.8 Å². The highest BCUT2D eigenvalue weighted by Crippen LogP contribution is 2.32. The summed E-state index contributed by atoms with van der Waals surface area (Å²) in [6.07, 6.45) is 0.537. The summed E-state index contributed by atoms with van der Waals surface area (Å²) in [6.45, 7) is 5.89. The third-order valence-corrected chi connectivity index (χ3v) is 4.79. The van der Waals surface area contributed by atoms with Crippen molar-refractivity contribution in [2.45, 2.75) is 32.8 Å². The highest BCUT2D eigenvalue weighted by Gasteiger charge is 2.27. The molecule has 2 aromatic rings. The summed E-state index contributed by atoms with van der Waals surface area (Å²) in [5, 5.41) is 11.6. The van der Waals surface area contributed by atoms with Gasteiger partial charge in [0.25, 0.3) is 0 Å². The molecule has 0 aliphatic rings. The molecule has 1 atom stereocenters. The largest absolute Gasteiger partial charge is 0.385 e. The number of aryl methyl sites for hydroxylation is 2. The lowest BCUT2D eigenvalue weighted by atomic mass is 9.93. The molecule has 1 aromatic carbocycles. The molecule has 0 amide bonds. The molecule has 0 radical (unpaired) electrons. The van der Waals surface area contributed by atoms with E-state index < -0.39 is 5.60 Å². The topological polar surface area (TPSA) is 33.1 Å². The number of nitrogens with zero attached hydrogens (tertiary/aromatic N) is 1. The molecular formula is C14H16BrNOS. The minimum absolute atomic E-state index is 0.537. The third-order valence-electron chi connectivity index (χ3n) is 3.02. The van der Waals surface area contributed by atoms with Crippen molar-refractivity contribution in [2.75, 3.05) is 0 Å². The Labute approximate surface area is 120 Å². The van der Waals surface area contributed by atoms with Gasteiger partial charge in [0.1, 0.15) is 0 Å². The molecule has 0 saturated heterocycles. The van der Waals surface area contributed by atoms with Crippen LogP contribution in [0.1, 0.15) is 28.1 Å². The molecule has 0 bridgehead atoms. The number of halogens is 1. The summed E-state index contributed by atoms with van der Waals surface area (Å²) in [7, 11) is 0. The fourth-order valence-corrected chi connectivity index (χ4v) is 3.70. The lowest BCUT2D eigenvalue weighted by Gasteiger charge is -2.24. The van der Waals surface area contributed by atoms with E-state index >= 15 is 0 Å². The van der Waals surface area contributed by atoms with E-state index in [4.69, 9.17) is 0 Å². The minimum Gasteiger partial charge on any atom is -0.385 e. The van der Waals surface area contributed by atoms with Gasteiger partial charge in [-0.05, 0) is 32.4 Å². The van der Waals surface area contributed by atoms with Gasteiger partial charge in [-0.15, -0.1) is 11.3 Å². The molecule has 2 nitrogen and oxygen atoms in total. The lowest BCUT2D eigenvalue weighted by Crippen LogP contribution is -2.24. The molecule has 1 aromatic heterocycles. The van der Waals surface area contributed by atoms with E-state index in [2.05, 4.69) is 27.8 Å². The Balaban J connectivity index is 2.29. The fraction of sp³-hybridized carbons (Fsp3) is 0.357. The molecule has 4 heteroatoms. The van der Waals surface area contributed by atoms with E-state index in [0.29, 0.717) is 6.42 Å². The fourth-order valence-electron chi connectivity index (χ4n) is 1.90. The molecule has 0 spiro atoms. The highest BCUT2D eigenvalue weighted by molar-refractivity contribution is 9.10. The van der Waals surface area contributed by atoms with Crippen LogP contribution in [0.25, 0.3) is 0 Å². The van der Waals surface area contributed by atoms with E-state index in [1.807, 2.05) is 38.1 Å². The number of aromatic nitrogens is 1.